The average molecular weight is 308 g/mol. The summed E-state index contributed by atoms with van der Waals surface area (Å²) in [6, 6.07) is 0. The summed E-state index contributed by atoms with van der Waals surface area (Å²) in [7, 11) is 0. The molecule has 0 aliphatic carbocycles. The SMILES string of the molecule is FC(Cl)(Cl)Cl.FC(F)(F)C(F)(Cl)Cl. The van der Waals surface area contributed by atoms with Crippen molar-refractivity contribution in [2.45, 2.75) is 14.8 Å². The first kappa shape index (κ1) is 16.5. The topological polar surface area (TPSA) is 0 Å². The molecule has 0 aromatic heterocycles. The van der Waals surface area contributed by atoms with Crippen LogP contribution in [0.1, 0.15) is 0 Å². The van der Waals surface area contributed by atoms with Gasteiger partial charge >= 0.3 is 14.8 Å². The standard InChI is InChI=1S/C2Cl2F4.CCl3F/c3-1(4,5)2(6,7)8;2-1(3,4)5. The normalized spacial score (nSPS) is 13.4. The number of hydrogen-bond acceptors (Lipinski definition) is 0. The molecular weight excluding hydrogens is 308 g/mol. The lowest BCUT2D eigenvalue weighted by Gasteiger charge is -2.11. The molecular formula is C3Cl5F5. The summed E-state index contributed by atoms with van der Waals surface area (Å²) in [6.45, 7) is 0. The second-order valence-corrected chi connectivity index (χ2v) is 4.80. The largest absolute Gasteiger partial charge is 0.452 e. The molecule has 0 N–H and O–H groups in total. The molecule has 0 atom stereocenters. The van der Waals surface area contributed by atoms with Crippen LogP contribution in [0.3, 0.4) is 0 Å². The molecule has 0 fully saturated rings. The lowest BCUT2D eigenvalue weighted by atomic mass is 10.7. The molecule has 10 heteroatoms. The highest BCUT2D eigenvalue weighted by Gasteiger charge is 2.53. The Kier molecular flexibility index (Phi) is 6.68. The van der Waals surface area contributed by atoms with Crippen molar-refractivity contribution in [3.8, 4) is 0 Å². The Morgan fingerprint density at radius 1 is 0.615 bits per heavy atom. The molecule has 0 unspecified atom stereocenters. The monoisotopic (exact) mass is 306 g/mol. The highest BCUT2D eigenvalue weighted by atomic mass is 35.6. The molecule has 0 spiro atoms. The van der Waals surface area contributed by atoms with Gasteiger partial charge in [-0.25, -0.2) is 0 Å². The van der Waals surface area contributed by atoms with Crippen molar-refractivity contribution in [1.29, 1.82) is 0 Å². The van der Waals surface area contributed by atoms with Crippen LogP contribution in [0.4, 0.5) is 22.0 Å². The zero-order valence-corrected chi connectivity index (χ0v) is 9.06. The van der Waals surface area contributed by atoms with E-state index in [1.165, 1.54) is 0 Å². The third kappa shape index (κ3) is 15.8. The fraction of sp³-hybridized carbons (Fsp3) is 1.00. The molecule has 0 aliphatic rings. The second-order valence-electron chi connectivity index (χ2n) is 1.42. The lowest BCUT2D eigenvalue weighted by molar-refractivity contribution is -0.170. The van der Waals surface area contributed by atoms with Gasteiger partial charge in [-0.05, 0) is 34.8 Å². The predicted octanol–water partition coefficient (Wildman–Crippen LogP) is 4.93. The molecule has 13 heavy (non-hydrogen) atoms. The van der Waals surface area contributed by atoms with Crippen LogP contribution >= 0.6 is 58.0 Å². The van der Waals surface area contributed by atoms with Gasteiger partial charge in [0.1, 0.15) is 0 Å². The van der Waals surface area contributed by atoms with Crippen LogP contribution in [0, 0.1) is 0 Å². The van der Waals surface area contributed by atoms with Crippen molar-refractivity contribution in [2.75, 3.05) is 0 Å². The number of rotatable bonds is 0. The molecule has 82 valence electrons. The Bertz CT molecular complexity index is 124. The zero-order chi connectivity index (χ0) is 11.5. The lowest BCUT2D eigenvalue weighted by Crippen LogP contribution is -2.28. The molecule has 0 saturated heterocycles. The van der Waals surface area contributed by atoms with Crippen molar-refractivity contribution in [1.82, 2.24) is 0 Å². The minimum absolute atomic E-state index is 2.58. The Morgan fingerprint density at radius 2 is 0.692 bits per heavy atom. The molecule has 0 nitrogen and oxygen atoms in total. The first-order valence-electron chi connectivity index (χ1n) is 2.14. The number of alkyl halides is 10. The van der Waals surface area contributed by atoms with Crippen molar-refractivity contribution >= 4 is 58.0 Å². The Labute approximate surface area is 94.8 Å². The molecule has 0 aliphatic heterocycles. The Balaban J connectivity index is 0. The molecule has 0 saturated carbocycles. The van der Waals surface area contributed by atoms with E-state index in [1.54, 1.807) is 0 Å². The highest BCUT2D eigenvalue weighted by Crippen LogP contribution is 2.40. The predicted molar refractivity (Wildman–Crippen MR) is 43.0 cm³/mol. The maximum absolute atomic E-state index is 11.3. The molecule has 0 aromatic rings. The van der Waals surface area contributed by atoms with Gasteiger partial charge < -0.3 is 0 Å². The van der Waals surface area contributed by atoms with Gasteiger partial charge in [0.15, 0.2) is 0 Å². The van der Waals surface area contributed by atoms with E-state index < -0.39 is 14.8 Å². The van der Waals surface area contributed by atoms with Crippen molar-refractivity contribution in [3.63, 3.8) is 0 Å². The van der Waals surface area contributed by atoms with Crippen LogP contribution in [0.15, 0.2) is 0 Å². The van der Waals surface area contributed by atoms with Crippen LogP contribution in [0.2, 0.25) is 0 Å². The molecule has 0 aromatic carbocycles. The van der Waals surface area contributed by atoms with Gasteiger partial charge in [0.05, 0.1) is 0 Å². The first-order valence-corrected chi connectivity index (χ1v) is 4.03. The van der Waals surface area contributed by atoms with Gasteiger partial charge in [-0.15, -0.1) is 0 Å². The average Bonchev–Trinajstić information content (AvgIpc) is 1.50. The van der Waals surface area contributed by atoms with Crippen LogP contribution in [0.25, 0.3) is 0 Å². The Morgan fingerprint density at radius 3 is 0.692 bits per heavy atom. The van der Waals surface area contributed by atoms with E-state index >= 15 is 0 Å². The van der Waals surface area contributed by atoms with Crippen LogP contribution in [-0.4, -0.2) is 14.8 Å². The van der Waals surface area contributed by atoms with E-state index in [9.17, 15) is 22.0 Å². The van der Waals surface area contributed by atoms with E-state index in [0.29, 0.717) is 0 Å². The molecule has 0 rings (SSSR count). The highest BCUT2D eigenvalue weighted by molar-refractivity contribution is 6.66. The maximum atomic E-state index is 11.3. The summed E-state index contributed by atoms with van der Waals surface area (Å²) in [5.74, 6) is 0. The molecule has 0 heterocycles. The summed E-state index contributed by atoms with van der Waals surface area (Å²) >= 11 is 21.1. The number of halogens is 10. The fourth-order valence-electron chi connectivity index (χ4n) is 0. The van der Waals surface area contributed by atoms with E-state index in [2.05, 4.69) is 58.0 Å². The zero-order valence-electron chi connectivity index (χ0n) is 5.28. The van der Waals surface area contributed by atoms with Gasteiger partial charge in [-0.2, -0.15) is 22.0 Å². The van der Waals surface area contributed by atoms with Crippen molar-refractivity contribution < 1.29 is 22.0 Å². The summed E-state index contributed by atoms with van der Waals surface area (Å²) in [6.07, 6.45) is -5.20. The second kappa shape index (κ2) is 5.26. The summed E-state index contributed by atoms with van der Waals surface area (Å²) in [5.41, 5.74) is 0. The van der Waals surface area contributed by atoms with Crippen molar-refractivity contribution in [2.24, 2.45) is 0 Å². The number of hydrogen-bond donors (Lipinski definition) is 0. The molecule has 0 bridgehead atoms. The van der Waals surface area contributed by atoms with Gasteiger partial charge in [0, 0.05) is 0 Å². The smallest absolute Gasteiger partial charge is 0.198 e. The van der Waals surface area contributed by atoms with E-state index in [4.69, 9.17) is 0 Å². The van der Waals surface area contributed by atoms with Gasteiger partial charge in [-0.3, -0.25) is 0 Å². The van der Waals surface area contributed by atoms with Gasteiger partial charge in [-0.1, -0.05) is 23.2 Å². The van der Waals surface area contributed by atoms with Gasteiger partial charge in [0.2, 0.25) is 0 Å². The van der Waals surface area contributed by atoms with Gasteiger partial charge in [0.25, 0.3) is 0 Å². The Hall–Kier alpha value is 1.10. The minimum atomic E-state index is -5.20. The van der Waals surface area contributed by atoms with Crippen LogP contribution in [0.5, 0.6) is 0 Å². The summed E-state index contributed by atoms with van der Waals surface area (Å²) < 4.78 is 48.4. The molecule has 0 amide bonds. The quantitative estimate of drug-likeness (QED) is 0.439. The van der Waals surface area contributed by atoms with Crippen molar-refractivity contribution in [3.05, 3.63) is 0 Å². The maximum Gasteiger partial charge on any atom is 0.452 e. The third-order valence-corrected chi connectivity index (χ3v) is 0.750. The van der Waals surface area contributed by atoms with E-state index in [0.717, 1.165) is 0 Å². The van der Waals surface area contributed by atoms with Crippen LogP contribution < -0.4 is 0 Å². The van der Waals surface area contributed by atoms with E-state index in [-0.39, 0.29) is 0 Å². The molecule has 0 radical (unpaired) electrons. The van der Waals surface area contributed by atoms with E-state index in [1.807, 2.05) is 0 Å². The third-order valence-electron chi connectivity index (χ3n) is 0.321. The minimum Gasteiger partial charge on any atom is -0.198 e. The van der Waals surface area contributed by atoms with Crippen LogP contribution in [-0.2, 0) is 0 Å². The summed E-state index contributed by atoms with van der Waals surface area (Å²) in [4.78, 5) is 0. The first-order chi connectivity index (χ1) is 5.25. The fourth-order valence-corrected chi connectivity index (χ4v) is 0. The summed E-state index contributed by atoms with van der Waals surface area (Å²) in [5, 5.41) is 0.